The van der Waals surface area contributed by atoms with Crippen molar-refractivity contribution in [1.82, 2.24) is 4.90 Å². The average molecular weight is 279 g/mol. The smallest absolute Gasteiger partial charge is 0.292 e. The Hall–Kier alpha value is -1.66. The summed E-state index contributed by atoms with van der Waals surface area (Å²) in [6.45, 7) is 6.15. The third-order valence-electron chi connectivity index (χ3n) is 3.98. The van der Waals surface area contributed by atoms with E-state index in [1.165, 1.54) is 6.07 Å². The van der Waals surface area contributed by atoms with E-state index in [1.807, 2.05) is 0 Å². The number of nitro groups is 1. The van der Waals surface area contributed by atoms with E-state index in [4.69, 9.17) is 0 Å². The molecule has 1 heterocycles. The van der Waals surface area contributed by atoms with Crippen molar-refractivity contribution in [3.05, 3.63) is 33.9 Å². The fraction of sp³-hybridized carbons (Fsp3) is 0.571. The fourth-order valence-electron chi connectivity index (χ4n) is 2.48. The Balaban J connectivity index is 2.33. The van der Waals surface area contributed by atoms with Gasteiger partial charge < -0.3 is 14.9 Å². The summed E-state index contributed by atoms with van der Waals surface area (Å²) < 4.78 is 0. The van der Waals surface area contributed by atoms with Crippen LogP contribution in [0, 0.1) is 10.1 Å². The molecule has 0 spiro atoms. The van der Waals surface area contributed by atoms with E-state index in [9.17, 15) is 15.2 Å². The molecule has 0 bridgehead atoms. The van der Waals surface area contributed by atoms with Gasteiger partial charge in [0.05, 0.1) is 11.0 Å². The van der Waals surface area contributed by atoms with Crippen molar-refractivity contribution in [3.8, 4) is 0 Å². The van der Waals surface area contributed by atoms with Crippen LogP contribution < -0.4 is 4.90 Å². The van der Waals surface area contributed by atoms with Crippen molar-refractivity contribution in [2.24, 2.45) is 0 Å². The van der Waals surface area contributed by atoms with E-state index in [1.54, 1.807) is 19.1 Å². The molecule has 1 aromatic carbocycles. The Morgan fingerprint density at radius 2 is 2.15 bits per heavy atom. The number of nitrogens with zero attached hydrogens (tertiary/aromatic N) is 3. The molecule has 110 valence electrons. The lowest BCUT2D eigenvalue weighted by molar-refractivity contribution is -0.384. The van der Waals surface area contributed by atoms with Gasteiger partial charge in [0.15, 0.2) is 0 Å². The molecule has 1 unspecified atom stereocenters. The Bertz CT molecular complexity index is 504. The van der Waals surface area contributed by atoms with Crippen LogP contribution in [-0.2, 0) is 0 Å². The molecule has 6 nitrogen and oxygen atoms in total. The molecule has 0 amide bonds. The van der Waals surface area contributed by atoms with Crippen molar-refractivity contribution < 1.29 is 10.0 Å². The molecular formula is C14H21N3O3. The normalized spacial score (nSPS) is 21.8. The minimum absolute atomic E-state index is 0.0696. The highest BCUT2D eigenvalue weighted by Crippen LogP contribution is 2.32. The van der Waals surface area contributed by atoms with Crippen LogP contribution >= 0.6 is 0 Å². The predicted molar refractivity (Wildman–Crippen MR) is 78.0 cm³/mol. The Kier molecular flexibility index (Phi) is 4.25. The van der Waals surface area contributed by atoms with E-state index in [0.717, 1.165) is 19.6 Å². The molecule has 2 rings (SSSR count). The zero-order valence-corrected chi connectivity index (χ0v) is 12.1. The van der Waals surface area contributed by atoms with Gasteiger partial charge in [-0.2, -0.15) is 0 Å². The Morgan fingerprint density at radius 3 is 2.70 bits per heavy atom. The third-order valence-corrected chi connectivity index (χ3v) is 3.98. The standard InChI is InChI=1S/C14H21N3O3/c1-10-9-16(7-6-15(10)3)13-5-4-12(11(2)18)8-14(13)17(19)20/h4-5,8,10-11,18H,6-7,9H2,1-3H3/t10?,11-/m0/s1. The van der Waals surface area contributed by atoms with Crippen molar-refractivity contribution in [2.45, 2.75) is 26.0 Å². The number of piperazine rings is 1. The second-order valence-electron chi connectivity index (χ2n) is 5.46. The molecule has 20 heavy (non-hydrogen) atoms. The van der Waals surface area contributed by atoms with Crippen molar-refractivity contribution in [3.63, 3.8) is 0 Å². The molecule has 1 aliphatic heterocycles. The summed E-state index contributed by atoms with van der Waals surface area (Å²) in [5.74, 6) is 0. The summed E-state index contributed by atoms with van der Waals surface area (Å²) in [6.07, 6.45) is -0.700. The number of anilines is 1. The first-order valence-corrected chi connectivity index (χ1v) is 6.81. The molecule has 1 aromatic rings. The van der Waals surface area contributed by atoms with Crippen LogP contribution in [0.3, 0.4) is 0 Å². The van der Waals surface area contributed by atoms with Gasteiger partial charge in [-0.25, -0.2) is 0 Å². The minimum Gasteiger partial charge on any atom is -0.389 e. The van der Waals surface area contributed by atoms with Gasteiger partial charge in [-0.1, -0.05) is 6.07 Å². The first-order chi connectivity index (χ1) is 9.40. The van der Waals surface area contributed by atoms with Gasteiger partial charge in [-0.05, 0) is 32.5 Å². The molecule has 1 aliphatic rings. The zero-order chi connectivity index (χ0) is 14.9. The predicted octanol–water partition coefficient (Wildman–Crippen LogP) is 1.79. The highest BCUT2D eigenvalue weighted by molar-refractivity contribution is 5.65. The van der Waals surface area contributed by atoms with Crippen LogP contribution in [-0.4, -0.2) is 47.7 Å². The molecule has 1 N–H and O–H groups in total. The monoisotopic (exact) mass is 279 g/mol. The number of hydrogen-bond donors (Lipinski definition) is 1. The number of nitro benzene ring substituents is 1. The lowest BCUT2D eigenvalue weighted by atomic mass is 10.1. The lowest BCUT2D eigenvalue weighted by Crippen LogP contribution is -2.50. The highest BCUT2D eigenvalue weighted by Gasteiger charge is 2.26. The number of benzene rings is 1. The Labute approximate surface area is 118 Å². The van der Waals surface area contributed by atoms with Crippen LogP contribution in [0.4, 0.5) is 11.4 Å². The van der Waals surface area contributed by atoms with E-state index >= 15 is 0 Å². The van der Waals surface area contributed by atoms with Crippen molar-refractivity contribution in [2.75, 3.05) is 31.6 Å². The molecule has 2 atom stereocenters. The van der Waals surface area contributed by atoms with Gasteiger partial charge in [0.25, 0.3) is 5.69 Å². The van der Waals surface area contributed by atoms with E-state index < -0.39 is 6.10 Å². The molecule has 1 saturated heterocycles. The quantitative estimate of drug-likeness (QED) is 0.674. The van der Waals surface area contributed by atoms with E-state index in [-0.39, 0.29) is 10.6 Å². The van der Waals surface area contributed by atoms with Gasteiger partial charge in [0, 0.05) is 31.7 Å². The highest BCUT2D eigenvalue weighted by atomic mass is 16.6. The van der Waals surface area contributed by atoms with Gasteiger partial charge in [-0.3, -0.25) is 10.1 Å². The number of likely N-dealkylation sites (N-methyl/N-ethyl adjacent to an activating group) is 1. The van der Waals surface area contributed by atoms with Crippen LogP contribution in [0.15, 0.2) is 18.2 Å². The molecule has 0 aliphatic carbocycles. The van der Waals surface area contributed by atoms with Gasteiger partial charge in [0.1, 0.15) is 5.69 Å². The number of hydrogen-bond acceptors (Lipinski definition) is 5. The van der Waals surface area contributed by atoms with Gasteiger partial charge >= 0.3 is 0 Å². The van der Waals surface area contributed by atoms with Crippen molar-refractivity contribution in [1.29, 1.82) is 0 Å². The third kappa shape index (κ3) is 2.91. The topological polar surface area (TPSA) is 69.8 Å². The number of rotatable bonds is 3. The molecule has 0 saturated carbocycles. The van der Waals surface area contributed by atoms with Crippen LogP contribution in [0.2, 0.25) is 0 Å². The molecule has 0 radical (unpaired) electrons. The number of aliphatic hydroxyl groups excluding tert-OH is 1. The molecule has 1 fully saturated rings. The summed E-state index contributed by atoms with van der Waals surface area (Å²) in [4.78, 5) is 15.2. The SMILES string of the molecule is CC1CN(c2ccc([C@H](C)O)cc2[N+](=O)[O-])CCN1C. The van der Waals surface area contributed by atoms with Crippen molar-refractivity contribution >= 4 is 11.4 Å². The van der Waals surface area contributed by atoms with Crippen LogP contribution in [0.5, 0.6) is 0 Å². The first kappa shape index (κ1) is 14.7. The van der Waals surface area contributed by atoms with Gasteiger partial charge in [-0.15, -0.1) is 0 Å². The van der Waals surface area contributed by atoms with Crippen LogP contribution in [0.1, 0.15) is 25.5 Å². The second-order valence-corrected chi connectivity index (χ2v) is 5.46. The minimum atomic E-state index is -0.700. The maximum absolute atomic E-state index is 11.3. The molecule has 6 heteroatoms. The first-order valence-electron chi connectivity index (χ1n) is 6.81. The summed E-state index contributed by atoms with van der Waals surface area (Å²) in [7, 11) is 2.06. The summed E-state index contributed by atoms with van der Waals surface area (Å²) in [5, 5.41) is 20.8. The summed E-state index contributed by atoms with van der Waals surface area (Å²) >= 11 is 0. The fourth-order valence-corrected chi connectivity index (χ4v) is 2.48. The zero-order valence-electron chi connectivity index (χ0n) is 12.1. The molecule has 0 aromatic heterocycles. The number of aliphatic hydroxyl groups is 1. The average Bonchev–Trinajstić information content (AvgIpc) is 2.41. The van der Waals surface area contributed by atoms with Gasteiger partial charge in [0.2, 0.25) is 0 Å². The Morgan fingerprint density at radius 1 is 1.45 bits per heavy atom. The summed E-state index contributed by atoms with van der Waals surface area (Å²) in [6, 6.07) is 5.34. The summed E-state index contributed by atoms with van der Waals surface area (Å²) in [5.41, 5.74) is 1.28. The lowest BCUT2D eigenvalue weighted by Gasteiger charge is -2.38. The molecular weight excluding hydrogens is 258 g/mol. The maximum Gasteiger partial charge on any atom is 0.292 e. The van der Waals surface area contributed by atoms with Crippen LogP contribution in [0.25, 0.3) is 0 Å². The maximum atomic E-state index is 11.3. The largest absolute Gasteiger partial charge is 0.389 e. The van der Waals surface area contributed by atoms with E-state index in [2.05, 4.69) is 23.8 Å². The van der Waals surface area contributed by atoms with E-state index in [0.29, 0.717) is 17.3 Å². The second kappa shape index (κ2) is 5.76.